The highest BCUT2D eigenvalue weighted by atomic mass is 35.5. The SMILES string of the molecule is CCn1cc(C#N)c(Cl)c1CO. The van der Waals surface area contributed by atoms with Gasteiger partial charge in [0.1, 0.15) is 6.07 Å². The smallest absolute Gasteiger partial charge is 0.102 e. The van der Waals surface area contributed by atoms with Crippen molar-refractivity contribution >= 4 is 11.6 Å². The van der Waals surface area contributed by atoms with Crippen LogP contribution in [0.25, 0.3) is 0 Å². The van der Waals surface area contributed by atoms with Gasteiger partial charge in [-0.1, -0.05) is 11.6 Å². The molecular weight excluding hydrogens is 176 g/mol. The van der Waals surface area contributed by atoms with Crippen LogP contribution in [0.4, 0.5) is 0 Å². The van der Waals surface area contributed by atoms with Crippen LogP contribution in [-0.2, 0) is 13.2 Å². The molecule has 64 valence electrons. The van der Waals surface area contributed by atoms with Crippen LogP contribution < -0.4 is 0 Å². The van der Waals surface area contributed by atoms with E-state index in [1.165, 1.54) is 0 Å². The maximum atomic E-state index is 8.92. The normalized spacial score (nSPS) is 9.83. The van der Waals surface area contributed by atoms with Gasteiger partial charge in [-0.3, -0.25) is 0 Å². The van der Waals surface area contributed by atoms with Crippen LogP contribution in [-0.4, -0.2) is 9.67 Å². The molecule has 3 nitrogen and oxygen atoms in total. The molecule has 1 N–H and O–H groups in total. The van der Waals surface area contributed by atoms with Gasteiger partial charge in [-0.2, -0.15) is 5.26 Å². The fraction of sp³-hybridized carbons (Fsp3) is 0.375. The standard InChI is InChI=1S/C8H9ClN2O/c1-2-11-4-6(3-10)8(9)7(11)5-12/h4,12H,2,5H2,1H3. The minimum absolute atomic E-state index is 0.131. The molecule has 0 amide bonds. The van der Waals surface area contributed by atoms with Crippen molar-refractivity contribution in [2.45, 2.75) is 20.1 Å². The van der Waals surface area contributed by atoms with Crippen molar-refractivity contribution < 1.29 is 5.11 Å². The summed E-state index contributed by atoms with van der Waals surface area (Å²) in [5.74, 6) is 0. The van der Waals surface area contributed by atoms with Gasteiger partial charge >= 0.3 is 0 Å². The summed E-state index contributed by atoms with van der Waals surface area (Å²) in [6, 6.07) is 1.96. The zero-order chi connectivity index (χ0) is 9.14. The molecule has 1 aromatic rings. The van der Waals surface area contributed by atoms with Gasteiger partial charge in [0.05, 0.1) is 22.9 Å². The van der Waals surface area contributed by atoms with E-state index < -0.39 is 0 Å². The third-order valence-corrected chi connectivity index (χ3v) is 2.15. The largest absolute Gasteiger partial charge is 0.390 e. The van der Waals surface area contributed by atoms with Crippen molar-refractivity contribution in [3.8, 4) is 6.07 Å². The molecule has 4 heteroatoms. The second-order valence-electron chi connectivity index (χ2n) is 2.36. The molecule has 0 aliphatic carbocycles. The molecule has 0 fully saturated rings. The Kier molecular flexibility index (Phi) is 2.74. The Bertz CT molecular complexity index is 325. The molecule has 1 aromatic heterocycles. The highest BCUT2D eigenvalue weighted by molar-refractivity contribution is 6.32. The minimum atomic E-state index is -0.131. The van der Waals surface area contributed by atoms with Crippen molar-refractivity contribution in [3.63, 3.8) is 0 Å². The summed E-state index contributed by atoms with van der Waals surface area (Å²) in [7, 11) is 0. The monoisotopic (exact) mass is 184 g/mol. The molecule has 0 spiro atoms. The van der Waals surface area contributed by atoms with Gasteiger partial charge in [0.25, 0.3) is 0 Å². The van der Waals surface area contributed by atoms with Crippen molar-refractivity contribution in [1.82, 2.24) is 4.57 Å². The number of aromatic nitrogens is 1. The number of nitriles is 1. The Morgan fingerprint density at radius 1 is 1.75 bits per heavy atom. The van der Waals surface area contributed by atoms with E-state index in [0.29, 0.717) is 22.8 Å². The number of hydrogen-bond donors (Lipinski definition) is 1. The van der Waals surface area contributed by atoms with E-state index >= 15 is 0 Å². The van der Waals surface area contributed by atoms with Crippen LogP contribution in [0, 0.1) is 11.3 Å². The lowest BCUT2D eigenvalue weighted by molar-refractivity contribution is 0.271. The van der Waals surface area contributed by atoms with Gasteiger partial charge in [0.15, 0.2) is 0 Å². The van der Waals surface area contributed by atoms with Crippen molar-refractivity contribution in [2.75, 3.05) is 0 Å². The molecular formula is C8H9ClN2O. The third kappa shape index (κ3) is 1.31. The molecule has 0 radical (unpaired) electrons. The predicted octanol–water partition coefficient (Wildman–Crippen LogP) is 1.53. The van der Waals surface area contributed by atoms with Gasteiger partial charge in [-0.15, -0.1) is 0 Å². The molecule has 0 aliphatic heterocycles. The van der Waals surface area contributed by atoms with Crippen LogP contribution in [0.1, 0.15) is 18.2 Å². The average molecular weight is 185 g/mol. The first-order valence-electron chi connectivity index (χ1n) is 3.63. The summed E-state index contributed by atoms with van der Waals surface area (Å²) in [4.78, 5) is 0. The maximum Gasteiger partial charge on any atom is 0.102 e. The zero-order valence-electron chi connectivity index (χ0n) is 6.71. The Morgan fingerprint density at radius 2 is 2.42 bits per heavy atom. The van der Waals surface area contributed by atoms with Crippen LogP contribution in [0.5, 0.6) is 0 Å². The summed E-state index contributed by atoms with van der Waals surface area (Å²) in [6.45, 7) is 2.50. The van der Waals surface area contributed by atoms with Gasteiger partial charge in [-0.25, -0.2) is 0 Å². The fourth-order valence-electron chi connectivity index (χ4n) is 1.09. The molecule has 0 atom stereocenters. The number of aryl methyl sites for hydroxylation is 1. The first-order chi connectivity index (χ1) is 5.74. The van der Waals surface area contributed by atoms with E-state index in [9.17, 15) is 0 Å². The summed E-state index contributed by atoms with van der Waals surface area (Å²) in [5, 5.41) is 17.9. The Hall–Kier alpha value is -0.980. The van der Waals surface area contributed by atoms with E-state index in [1.54, 1.807) is 10.8 Å². The molecule has 0 saturated heterocycles. The Morgan fingerprint density at radius 3 is 2.75 bits per heavy atom. The first-order valence-corrected chi connectivity index (χ1v) is 4.00. The quantitative estimate of drug-likeness (QED) is 0.758. The van der Waals surface area contributed by atoms with Gasteiger partial charge in [-0.05, 0) is 6.92 Å². The molecule has 0 bridgehead atoms. The summed E-state index contributed by atoms with van der Waals surface area (Å²) < 4.78 is 1.76. The van der Waals surface area contributed by atoms with E-state index in [0.717, 1.165) is 0 Å². The highest BCUT2D eigenvalue weighted by Gasteiger charge is 2.11. The van der Waals surface area contributed by atoms with Gasteiger partial charge in [0, 0.05) is 12.7 Å². The summed E-state index contributed by atoms with van der Waals surface area (Å²) in [5.41, 5.74) is 1.03. The lowest BCUT2D eigenvalue weighted by Crippen LogP contribution is -1.98. The number of aliphatic hydroxyl groups is 1. The molecule has 1 heterocycles. The molecule has 0 unspecified atom stereocenters. The number of rotatable bonds is 2. The highest BCUT2D eigenvalue weighted by Crippen LogP contribution is 2.22. The topological polar surface area (TPSA) is 49.0 Å². The van der Waals surface area contributed by atoms with E-state index in [1.807, 2.05) is 13.0 Å². The minimum Gasteiger partial charge on any atom is -0.390 e. The number of hydrogen-bond acceptors (Lipinski definition) is 2. The number of halogens is 1. The van der Waals surface area contributed by atoms with E-state index in [2.05, 4.69) is 0 Å². The fourth-order valence-corrected chi connectivity index (χ4v) is 1.35. The van der Waals surface area contributed by atoms with Gasteiger partial charge < -0.3 is 9.67 Å². The second-order valence-corrected chi connectivity index (χ2v) is 2.74. The van der Waals surface area contributed by atoms with Crippen LogP contribution in [0.3, 0.4) is 0 Å². The lowest BCUT2D eigenvalue weighted by Gasteiger charge is -2.01. The first kappa shape index (κ1) is 9.11. The lowest BCUT2D eigenvalue weighted by atomic mass is 10.3. The van der Waals surface area contributed by atoms with Crippen molar-refractivity contribution in [2.24, 2.45) is 0 Å². The number of nitrogens with zero attached hydrogens (tertiary/aromatic N) is 2. The molecule has 0 saturated carbocycles. The summed E-state index contributed by atoms with van der Waals surface area (Å²) in [6.07, 6.45) is 1.65. The van der Waals surface area contributed by atoms with E-state index in [4.69, 9.17) is 22.0 Å². The number of aliphatic hydroxyl groups excluding tert-OH is 1. The second kappa shape index (κ2) is 3.61. The van der Waals surface area contributed by atoms with Crippen LogP contribution in [0.2, 0.25) is 5.02 Å². The third-order valence-electron chi connectivity index (χ3n) is 1.73. The van der Waals surface area contributed by atoms with Crippen LogP contribution >= 0.6 is 11.6 Å². The Labute approximate surface area is 75.8 Å². The zero-order valence-corrected chi connectivity index (χ0v) is 7.47. The predicted molar refractivity (Wildman–Crippen MR) is 45.8 cm³/mol. The average Bonchev–Trinajstić information content (AvgIpc) is 2.41. The molecule has 12 heavy (non-hydrogen) atoms. The van der Waals surface area contributed by atoms with Crippen LogP contribution in [0.15, 0.2) is 6.20 Å². The molecule has 0 aliphatic rings. The van der Waals surface area contributed by atoms with Gasteiger partial charge in [0.2, 0.25) is 0 Å². The van der Waals surface area contributed by atoms with Crippen molar-refractivity contribution in [1.29, 1.82) is 5.26 Å². The molecule has 0 aromatic carbocycles. The molecule has 1 rings (SSSR count). The maximum absolute atomic E-state index is 8.92. The summed E-state index contributed by atoms with van der Waals surface area (Å²) >= 11 is 5.81. The van der Waals surface area contributed by atoms with Crippen molar-refractivity contribution in [3.05, 3.63) is 22.5 Å². The van der Waals surface area contributed by atoms with E-state index in [-0.39, 0.29) is 6.61 Å². The Balaban J connectivity index is 3.25.